The van der Waals surface area contributed by atoms with Gasteiger partial charge in [0.05, 0.1) is 12.1 Å². The van der Waals surface area contributed by atoms with Crippen molar-refractivity contribution in [3.05, 3.63) is 29.7 Å². The van der Waals surface area contributed by atoms with E-state index in [0.29, 0.717) is 12.2 Å². The van der Waals surface area contributed by atoms with Gasteiger partial charge in [-0.15, -0.1) is 10.2 Å². The smallest absolute Gasteiger partial charge is 0.338 e. The molecule has 6 nitrogen and oxygen atoms in total. The van der Waals surface area contributed by atoms with Gasteiger partial charge in [0.25, 0.3) is 0 Å². The van der Waals surface area contributed by atoms with Gasteiger partial charge >= 0.3 is 12.2 Å². The topological polar surface area (TPSA) is 71.3 Å². The van der Waals surface area contributed by atoms with Crippen LogP contribution in [0.3, 0.4) is 0 Å². The molecule has 1 saturated carbocycles. The molecule has 2 amide bonds. The van der Waals surface area contributed by atoms with E-state index in [2.05, 4.69) is 27.8 Å². The highest BCUT2D eigenvalue weighted by atomic mass is 19.4. The lowest BCUT2D eigenvalue weighted by Crippen LogP contribution is -2.45. The number of nitrogens with one attached hydrogen (secondary N) is 2. The summed E-state index contributed by atoms with van der Waals surface area (Å²) >= 11 is 0. The molecule has 0 aromatic carbocycles. The summed E-state index contributed by atoms with van der Waals surface area (Å²) in [5.41, 5.74) is -0.288. The number of carbonyl (C=O) groups excluding carboxylic acids is 1. The Morgan fingerprint density at radius 2 is 2.04 bits per heavy atom. The number of pyridine rings is 1. The fourth-order valence-corrected chi connectivity index (χ4v) is 3.44. The van der Waals surface area contributed by atoms with Crippen molar-refractivity contribution in [2.45, 2.75) is 51.7 Å². The largest absolute Gasteiger partial charge is 0.417 e. The van der Waals surface area contributed by atoms with Crippen molar-refractivity contribution in [1.82, 2.24) is 25.2 Å². The summed E-state index contributed by atoms with van der Waals surface area (Å²) in [5, 5.41) is 13.2. The van der Waals surface area contributed by atoms with Crippen molar-refractivity contribution in [2.75, 3.05) is 6.54 Å². The van der Waals surface area contributed by atoms with Crippen molar-refractivity contribution >= 4 is 11.7 Å². The lowest BCUT2D eigenvalue weighted by Gasteiger charge is -2.42. The Labute approximate surface area is 149 Å². The third kappa shape index (κ3) is 3.91. The maximum atomic E-state index is 12.8. The molecule has 0 bridgehead atoms. The first-order valence-corrected chi connectivity index (χ1v) is 8.76. The zero-order valence-electron chi connectivity index (χ0n) is 14.6. The molecule has 2 aromatic rings. The Morgan fingerprint density at radius 3 is 2.65 bits per heavy atom. The van der Waals surface area contributed by atoms with Gasteiger partial charge in [-0.05, 0) is 36.8 Å². The predicted octanol–water partition coefficient (Wildman–Crippen LogP) is 3.52. The molecule has 2 N–H and O–H groups in total. The van der Waals surface area contributed by atoms with E-state index >= 15 is 0 Å². The number of alkyl halides is 3. The molecular formula is C17H22F3N5O. The van der Waals surface area contributed by atoms with Crippen LogP contribution in [0.2, 0.25) is 0 Å². The lowest BCUT2D eigenvalue weighted by atomic mass is 9.66. The number of amides is 2. The molecule has 26 heavy (non-hydrogen) atoms. The monoisotopic (exact) mass is 369 g/mol. The second-order valence-electron chi connectivity index (χ2n) is 6.90. The summed E-state index contributed by atoms with van der Waals surface area (Å²) in [4.78, 5) is 12.0. The molecule has 0 radical (unpaired) electrons. The number of carbonyl (C=O) groups is 1. The van der Waals surface area contributed by atoms with E-state index in [9.17, 15) is 18.0 Å². The fourth-order valence-electron chi connectivity index (χ4n) is 3.44. The normalized spacial score (nSPS) is 16.3. The van der Waals surface area contributed by atoms with Gasteiger partial charge in [-0.1, -0.05) is 19.8 Å². The first kappa shape index (κ1) is 18.5. The molecule has 1 fully saturated rings. The minimum Gasteiger partial charge on any atom is -0.338 e. The molecular weight excluding hydrogens is 347 g/mol. The molecule has 0 spiro atoms. The summed E-state index contributed by atoms with van der Waals surface area (Å²) in [6, 6.07) is 1.86. The third-order valence-electron chi connectivity index (χ3n) is 5.03. The van der Waals surface area contributed by atoms with Crippen LogP contribution in [-0.4, -0.2) is 27.2 Å². The highest BCUT2D eigenvalue weighted by Gasteiger charge is 2.36. The van der Waals surface area contributed by atoms with E-state index in [4.69, 9.17) is 0 Å². The van der Waals surface area contributed by atoms with Crippen LogP contribution in [0.1, 0.15) is 50.4 Å². The van der Waals surface area contributed by atoms with Crippen molar-refractivity contribution in [2.24, 2.45) is 5.41 Å². The SMILES string of the molecule is CCCC1(CNC(=O)NCc2nnc3ccc(C(F)(F)F)cn23)CCC1. The second kappa shape index (κ2) is 7.13. The summed E-state index contributed by atoms with van der Waals surface area (Å²) in [5.74, 6) is 0.244. The maximum Gasteiger partial charge on any atom is 0.417 e. The van der Waals surface area contributed by atoms with E-state index in [1.54, 1.807) is 0 Å². The molecule has 0 aliphatic heterocycles. The number of hydrogen-bond acceptors (Lipinski definition) is 3. The third-order valence-corrected chi connectivity index (χ3v) is 5.03. The number of halogens is 3. The van der Waals surface area contributed by atoms with Crippen LogP contribution in [0, 0.1) is 5.41 Å². The van der Waals surface area contributed by atoms with Gasteiger partial charge in [0.1, 0.15) is 0 Å². The van der Waals surface area contributed by atoms with Gasteiger partial charge in [-0.2, -0.15) is 13.2 Å². The Hall–Kier alpha value is -2.32. The number of aromatic nitrogens is 3. The Balaban J connectivity index is 1.60. The zero-order chi connectivity index (χ0) is 18.8. The van der Waals surface area contributed by atoms with E-state index in [-0.39, 0.29) is 23.8 Å². The molecule has 0 saturated heterocycles. The standard InChI is InChI=1S/C17H22F3N5O/c1-2-6-16(7-3-8-16)11-22-15(26)21-9-14-24-23-13-5-4-12(10-25(13)14)17(18,19)20/h4-5,10H,2-3,6-9,11H2,1H3,(H2,21,22,26). The van der Waals surface area contributed by atoms with E-state index in [1.807, 2.05) is 0 Å². The van der Waals surface area contributed by atoms with Gasteiger partial charge in [0, 0.05) is 12.7 Å². The molecule has 2 heterocycles. The van der Waals surface area contributed by atoms with Crippen molar-refractivity contribution in [1.29, 1.82) is 0 Å². The summed E-state index contributed by atoms with van der Waals surface area (Å²) < 4.78 is 39.8. The Kier molecular flexibility index (Phi) is 5.06. The van der Waals surface area contributed by atoms with E-state index in [0.717, 1.165) is 37.9 Å². The van der Waals surface area contributed by atoms with Crippen molar-refractivity contribution < 1.29 is 18.0 Å². The minimum absolute atomic E-state index is 0.00487. The Bertz CT molecular complexity index is 782. The highest BCUT2D eigenvalue weighted by Crippen LogP contribution is 2.44. The first-order chi connectivity index (χ1) is 12.3. The molecule has 0 unspecified atom stereocenters. The van der Waals surface area contributed by atoms with Crippen LogP contribution in [0.25, 0.3) is 5.65 Å². The number of nitrogens with zero attached hydrogens (tertiary/aromatic N) is 3. The quantitative estimate of drug-likeness (QED) is 0.818. The van der Waals surface area contributed by atoms with Gasteiger partial charge < -0.3 is 10.6 Å². The molecule has 3 rings (SSSR count). The lowest BCUT2D eigenvalue weighted by molar-refractivity contribution is -0.137. The summed E-state index contributed by atoms with van der Waals surface area (Å²) in [6.45, 7) is 2.74. The molecule has 142 valence electrons. The average molecular weight is 369 g/mol. The minimum atomic E-state index is -4.45. The number of fused-ring (bicyclic) bond motifs is 1. The summed E-state index contributed by atoms with van der Waals surface area (Å²) in [7, 11) is 0. The van der Waals surface area contributed by atoms with Crippen LogP contribution >= 0.6 is 0 Å². The van der Waals surface area contributed by atoms with Crippen LogP contribution in [0.5, 0.6) is 0 Å². The van der Waals surface area contributed by atoms with Crippen LogP contribution in [-0.2, 0) is 12.7 Å². The average Bonchev–Trinajstić information content (AvgIpc) is 2.96. The number of hydrogen-bond donors (Lipinski definition) is 2. The van der Waals surface area contributed by atoms with E-state index in [1.165, 1.54) is 16.9 Å². The Morgan fingerprint density at radius 1 is 1.27 bits per heavy atom. The maximum absolute atomic E-state index is 12.8. The summed E-state index contributed by atoms with van der Waals surface area (Å²) in [6.07, 6.45) is 2.09. The molecule has 1 aliphatic rings. The molecule has 9 heteroatoms. The van der Waals surface area contributed by atoms with Gasteiger partial charge in [0.2, 0.25) is 0 Å². The first-order valence-electron chi connectivity index (χ1n) is 8.76. The molecule has 1 aliphatic carbocycles. The number of rotatable bonds is 6. The van der Waals surface area contributed by atoms with Crippen LogP contribution in [0.15, 0.2) is 18.3 Å². The second-order valence-corrected chi connectivity index (χ2v) is 6.90. The van der Waals surface area contributed by atoms with Crippen molar-refractivity contribution in [3.63, 3.8) is 0 Å². The van der Waals surface area contributed by atoms with E-state index < -0.39 is 11.7 Å². The van der Waals surface area contributed by atoms with Gasteiger partial charge in [-0.3, -0.25) is 4.40 Å². The van der Waals surface area contributed by atoms with Crippen LogP contribution in [0.4, 0.5) is 18.0 Å². The molecule has 0 atom stereocenters. The van der Waals surface area contributed by atoms with Gasteiger partial charge in [-0.25, -0.2) is 4.79 Å². The van der Waals surface area contributed by atoms with Crippen LogP contribution < -0.4 is 10.6 Å². The fraction of sp³-hybridized carbons (Fsp3) is 0.588. The zero-order valence-corrected chi connectivity index (χ0v) is 14.6. The van der Waals surface area contributed by atoms with Crippen molar-refractivity contribution in [3.8, 4) is 0 Å². The molecule has 2 aromatic heterocycles. The predicted molar refractivity (Wildman–Crippen MR) is 89.4 cm³/mol. The van der Waals surface area contributed by atoms with Gasteiger partial charge in [0.15, 0.2) is 11.5 Å². The highest BCUT2D eigenvalue weighted by molar-refractivity contribution is 5.73. The number of urea groups is 1.